The zero-order chi connectivity index (χ0) is 14.4. The van der Waals surface area contributed by atoms with Gasteiger partial charge >= 0.3 is 0 Å². The number of carbonyl (C=O) groups excluding carboxylic acids is 2. The minimum absolute atomic E-state index is 0.0452. The highest BCUT2D eigenvalue weighted by molar-refractivity contribution is 5.94. The van der Waals surface area contributed by atoms with Crippen LogP contribution >= 0.6 is 0 Å². The van der Waals surface area contributed by atoms with Crippen LogP contribution in [-0.2, 0) is 4.79 Å². The quantitative estimate of drug-likeness (QED) is 0.789. The Labute approximate surface area is 114 Å². The van der Waals surface area contributed by atoms with E-state index in [2.05, 4.69) is 0 Å². The highest BCUT2D eigenvalue weighted by Crippen LogP contribution is 2.33. The number of nitrogens with two attached hydrogens (primary N) is 2. The van der Waals surface area contributed by atoms with Crippen LogP contribution in [0.1, 0.15) is 54.9 Å². The molecule has 0 saturated heterocycles. The molecule has 1 aromatic rings. The lowest BCUT2D eigenvalue weighted by molar-refractivity contribution is -0.122. The predicted molar refractivity (Wildman–Crippen MR) is 75.6 cm³/mol. The third-order valence-corrected chi connectivity index (χ3v) is 3.52. The molecule has 0 radical (unpaired) electrons. The zero-order valence-electron chi connectivity index (χ0n) is 11.6. The largest absolute Gasteiger partial charge is 0.369 e. The van der Waals surface area contributed by atoms with Gasteiger partial charge in [0.25, 0.3) is 0 Å². The third-order valence-electron chi connectivity index (χ3n) is 3.52. The molecule has 4 heteroatoms. The van der Waals surface area contributed by atoms with Crippen LogP contribution < -0.4 is 11.5 Å². The predicted octanol–water partition coefficient (Wildman–Crippen LogP) is 2.18. The molecule has 104 valence electrons. The summed E-state index contributed by atoms with van der Waals surface area (Å²) in [6.07, 6.45) is 2.39. The lowest BCUT2D eigenvalue weighted by atomic mass is 9.79. The van der Waals surface area contributed by atoms with Crippen molar-refractivity contribution in [1.82, 2.24) is 0 Å². The highest BCUT2D eigenvalue weighted by atomic mass is 16.1. The second-order valence-corrected chi connectivity index (χ2v) is 4.76. The molecule has 19 heavy (non-hydrogen) atoms. The molecule has 1 rings (SSSR count). The minimum Gasteiger partial charge on any atom is -0.369 e. The van der Waals surface area contributed by atoms with E-state index in [0.29, 0.717) is 12.0 Å². The van der Waals surface area contributed by atoms with E-state index in [0.717, 1.165) is 18.4 Å². The van der Waals surface area contributed by atoms with Crippen LogP contribution in [0.3, 0.4) is 0 Å². The van der Waals surface area contributed by atoms with Crippen LogP contribution in [0, 0.1) is 5.92 Å². The van der Waals surface area contributed by atoms with Gasteiger partial charge in [-0.2, -0.15) is 0 Å². The summed E-state index contributed by atoms with van der Waals surface area (Å²) in [7, 11) is 0. The average Bonchev–Trinajstić information content (AvgIpc) is 2.38. The summed E-state index contributed by atoms with van der Waals surface area (Å²) >= 11 is 0. The smallest absolute Gasteiger partial charge is 0.248 e. The molecule has 0 bridgehead atoms. The van der Waals surface area contributed by atoms with Crippen LogP contribution in [0.2, 0.25) is 0 Å². The van der Waals surface area contributed by atoms with Gasteiger partial charge in [0, 0.05) is 11.5 Å². The molecular weight excluding hydrogens is 240 g/mol. The Morgan fingerprint density at radius 1 is 1.16 bits per heavy atom. The minimum atomic E-state index is -0.462. The Kier molecular flexibility index (Phi) is 5.55. The Morgan fingerprint density at radius 2 is 1.79 bits per heavy atom. The third kappa shape index (κ3) is 3.56. The molecule has 0 fully saturated rings. The second-order valence-electron chi connectivity index (χ2n) is 4.76. The summed E-state index contributed by atoms with van der Waals surface area (Å²) < 4.78 is 0. The van der Waals surface area contributed by atoms with E-state index in [9.17, 15) is 9.59 Å². The van der Waals surface area contributed by atoms with Gasteiger partial charge < -0.3 is 11.5 Å². The topological polar surface area (TPSA) is 86.2 Å². The van der Waals surface area contributed by atoms with E-state index in [1.165, 1.54) is 0 Å². The van der Waals surface area contributed by atoms with E-state index < -0.39 is 5.91 Å². The van der Waals surface area contributed by atoms with Crippen molar-refractivity contribution in [3.05, 3.63) is 35.4 Å². The van der Waals surface area contributed by atoms with E-state index in [1.54, 1.807) is 12.1 Å². The molecule has 4 N–H and O–H groups in total. The van der Waals surface area contributed by atoms with Crippen molar-refractivity contribution in [2.75, 3.05) is 0 Å². The van der Waals surface area contributed by atoms with E-state index in [-0.39, 0.29) is 17.7 Å². The Bertz CT molecular complexity index is 457. The van der Waals surface area contributed by atoms with Crippen molar-refractivity contribution in [3.63, 3.8) is 0 Å². The summed E-state index contributed by atoms with van der Waals surface area (Å²) in [5.74, 6) is -1.09. The van der Waals surface area contributed by atoms with Gasteiger partial charge in [-0.15, -0.1) is 0 Å². The fourth-order valence-electron chi connectivity index (χ4n) is 2.61. The van der Waals surface area contributed by atoms with Crippen LogP contribution in [0.5, 0.6) is 0 Å². The van der Waals surface area contributed by atoms with Gasteiger partial charge in [-0.25, -0.2) is 0 Å². The number of hydrogen-bond donors (Lipinski definition) is 2. The number of rotatable bonds is 7. The highest BCUT2D eigenvalue weighted by Gasteiger charge is 2.28. The molecule has 0 heterocycles. The molecule has 2 unspecified atom stereocenters. The summed E-state index contributed by atoms with van der Waals surface area (Å²) in [4.78, 5) is 23.1. The average molecular weight is 262 g/mol. The van der Waals surface area contributed by atoms with Gasteiger partial charge in [0.15, 0.2) is 0 Å². The lowest BCUT2D eigenvalue weighted by Gasteiger charge is -2.25. The fraction of sp³-hybridized carbons (Fsp3) is 0.467. The van der Waals surface area contributed by atoms with Crippen molar-refractivity contribution < 1.29 is 9.59 Å². The van der Waals surface area contributed by atoms with Gasteiger partial charge in [-0.3, -0.25) is 9.59 Å². The molecule has 2 amide bonds. The van der Waals surface area contributed by atoms with E-state index in [4.69, 9.17) is 11.5 Å². The first kappa shape index (κ1) is 15.2. The van der Waals surface area contributed by atoms with Crippen LogP contribution in [0.15, 0.2) is 24.3 Å². The zero-order valence-corrected chi connectivity index (χ0v) is 11.6. The van der Waals surface area contributed by atoms with Crippen molar-refractivity contribution in [3.8, 4) is 0 Å². The molecule has 0 aromatic heterocycles. The summed E-state index contributed by atoms with van der Waals surface area (Å²) in [5, 5.41) is 0. The molecule has 0 saturated carbocycles. The first-order chi connectivity index (χ1) is 9.02. The molecule has 1 aromatic carbocycles. The molecule has 0 aliphatic heterocycles. The maximum absolute atomic E-state index is 11.6. The molecule has 4 nitrogen and oxygen atoms in total. The monoisotopic (exact) mass is 262 g/mol. The summed E-state index contributed by atoms with van der Waals surface area (Å²) in [6.45, 7) is 3.98. The maximum Gasteiger partial charge on any atom is 0.248 e. The first-order valence-corrected chi connectivity index (χ1v) is 6.70. The van der Waals surface area contributed by atoms with Gasteiger partial charge in [0.2, 0.25) is 11.8 Å². The number of hydrogen-bond acceptors (Lipinski definition) is 2. The summed E-state index contributed by atoms with van der Waals surface area (Å²) in [5.41, 5.74) is 12.2. The van der Waals surface area contributed by atoms with Crippen molar-refractivity contribution in [2.45, 2.75) is 39.0 Å². The number of benzene rings is 1. The Morgan fingerprint density at radius 3 is 2.26 bits per heavy atom. The molecule has 2 atom stereocenters. The lowest BCUT2D eigenvalue weighted by Crippen LogP contribution is -2.29. The number of amides is 2. The fourth-order valence-corrected chi connectivity index (χ4v) is 2.61. The van der Waals surface area contributed by atoms with Crippen molar-refractivity contribution in [1.29, 1.82) is 0 Å². The second kappa shape index (κ2) is 6.92. The summed E-state index contributed by atoms with van der Waals surface area (Å²) in [6, 6.07) is 7.20. The van der Waals surface area contributed by atoms with Crippen molar-refractivity contribution in [2.24, 2.45) is 17.4 Å². The molecule has 0 aliphatic carbocycles. The van der Waals surface area contributed by atoms with Crippen LogP contribution in [-0.4, -0.2) is 11.8 Å². The molecule has 0 aliphatic rings. The van der Waals surface area contributed by atoms with E-state index in [1.807, 2.05) is 26.0 Å². The van der Waals surface area contributed by atoms with Crippen LogP contribution in [0.25, 0.3) is 0 Å². The number of primary amides is 2. The van der Waals surface area contributed by atoms with Gasteiger partial charge in [0.05, 0.1) is 0 Å². The van der Waals surface area contributed by atoms with E-state index >= 15 is 0 Å². The molecule has 0 spiro atoms. The van der Waals surface area contributed by atoms with Gasteiger partial charge in [0.1, 0.15) is 0 Å². The number of carbonyl (C=O) groups is 2. The standard InChI is InChI=1S/C15H22N2O2/c1-3-7-11(10(4-2)14(16)18)12-8-5-6-9-13(12)15(17)19/h5-6,8-11H,3-4,7H2,1-2H3,(H2,16,18)(H2,17,19). The first-order valence-electron chi connectivity index (χ1n) is 6.70. The van der Waals surface area contributed by atoms with Crippen LogP contribution in [0.4, 0.5) is 0 Å². The SMILES string of the molecule is CCCC(c1ccccc1C(N)=O)C(CC)C(N)=O. The molecular formula is C15H22N2O2. The maximum atomic E-state index is 11.6. The van der Waals surface area contributed by atoms with Gasteiger partial charge in [-0.1, -0.05) is 38.5 Å². The van der Waals surface area contributed by atoms with Crippen molar-refractivity contribution >= 4 is 11.8 Å². The Balaban J connectivity index is 3.25. The van der Waals surface area contributed by atoms with Gasteiger partial charge in [-0.05, 0) is 30.4 Å². The normalized spacial score (nSPS) is 13.8. The Hall–Kier alpha value is -1.84.